The number of nitrogens with one attached hydrogen (secondary N) is 1. The Kier molecular flexibility index (Phi) is 2.40. The summed E-state index contributed by atoms with van der Waals surface area (Å²) >= 11 is 0. The van der Waals surface area contributed by atoms with Gasteiger partial charge < -0.3 is 5.73 Å². The van der Waals surface area contributed by atoms with E-state index in [2.05, 4.69) is 25.4 Å². The molecule has 0 aliphatic carbocycles. The highest BCUT2D eigenvalue weighted by Gasteiger charge is 2.09. The smallest absolute Gasteiger partial charge is 0.203 e. The Labute approximate surface area is 103 Å². The number of hydrogen-bond acceptors (Lipinski definition) is 5. The van der Waals surface area contributed by atoms with Crippen LogP contribution in [0.2, 0.25) is 0 Å². The molecule has 3 aromatic heterocycles. The molecule has 0 atom stereocenters. The van der Waals surface area contributed by atoms with Crippen molar-refractivity contribution in [2.24, 2.45) is 0 Å². The SMILES string of the molecule is Cc1ccc(Cc2cc(N)nc3n[nH]nc23)cn1. The maximum absolute atomic E-state index is 5.75. The van der Waals surface area contributed by atoms with E-state index in [1.54, 1.807) is 0 Å². The van der Waals surface area contributed by atoms with Gasteiger partial charge in [-0.3, -0.25) is 4.98 Å². The molecule has 0 bridgehead atoms. The van der Waals surface area contributed by atoms with Crippen molar-refractivity contribution in [2.75, 3.05) is 5.73 Å². The van der Waals surface area contributed by atoms with Crippen LogP contribution in [0.5, 0.6) is 0 Å². The van der Waals surface area contributed by atoms with Gasteiger partial charge in [0.25, 0.3) is 0 Å². The minimum absolute atomic E-state index is 0.450. The lowest BCUT2D eigenvalue weighted by Crippen LogP contribution is -1.97. The third kappa shape index (κ3) is 1.88. The number of aryl methyl sites for hydroxylation is 1. The number of nitrogens with two attached hydrogens (primary N) is 1. The summed E-state index contributed by atoms with van der Waals surface area (Å²) in [5.41, 5.74) is 10.2. The minimum atomic E-state index is 0.450. The van der Waals surface area contributed by atoms with Crippen LogP contribution in [-0.2, 0) is 6.42 Å². The minimum Gasteiger partial charge on any atom is -0.384 e. The zero-order chi connectivity index (χ0) is 12.5. The van der Waals surface area contributed by atoms with Crippen LogP contribution < -0.4 is 5.73 Å². The highest BCUT2D eigenvalue weighted by atomic mass is 15.3. The molecule has 6 nitrogen and oxygen atoms in total. The van der Waals surface area contributed by atoms with Gasteiger partial charge in [-0.05, 0) is 30.2 Å². The van der Waals surface area contributed by atoms with Gasteiger partial charge in [-0.25, -0.2) is 4.98 Å². The third-order valence-corrected chi connectivity index (χ3v) is 2.76. The van der Waals surface area contributed by atoms with Gasteiger partial charge in [0.1, 0.15) is 11.3 Å². The first-order valence-corrected chi connectivity index (χ1v) is 5.60. The molecule has 0 aliphatic heterocycles. The van der Waals surface area contributed by atoms with E-state index in [4.69, 9.17) is 5.73 Å². The fraction of sp³-hybridized carbons (Fsp3) is 0.167. The van der Waals surface area contributed by atoms with Gasteiger partial charge in [0.15, 0.2) is 0 Å². The Morgan fingerprint density at radius 3 is 2.94 bits per heavy atom. The fourth-order valence-corrected chi connectivity index (χ4v) is 1.88. The van der Waals surface area contributed by atoms with Crippen molar-refractivity contribution >= 4 is 17.0 Å². The van der Waals surface area contributed by atoms with Crippen LogP contribution in [0.15, 0.2) is 24.4 Å². The first kappa shape index (κ1) is 10.6. The summed E-state index contributed by atoms with van der Waals surface area (Å²) in [4.78, 5) is 8.38. The molecule has 6 heteroatoms. The summed E-state index contributed by atoms with van der Waals surface area (Å²) in [7, 11) is 0. The number of aromatic amines is 1. The van der Waals surface area contributed by atoms with Gasteiger partial charge in [-0.1, -0.05) is 6.07 Å². The first-order valence-electron chi connectivity index (χ1n) is 5.60. The molecule has 0 amide bonds. The number of pyridine rings is 2. The average Bonchev–Trinajstić information content (AvgIpc) is 2.80. The normalized spacial score (nSPS) is 10.9. The summed E-state index contributed by atoms with van der Waals surface area (Å²) in [6.07, 6.45) is 2.57. The molecule has 0 saturated heterocycles. The second kappa shape index (κ2) is 4.06. The lowest BCUT2D eigenvalue weighted by atomic mass is 10.1. The molecule has 18 heavy (non-hydrogen) atoms. The molecule has 3 heterocycles. The summed E-state index contributed by atoms with van der Waals surface area (Å²) in [5.74, 6) is 0.450. The predicted molar refractivity (Wildman–Crippen MR) is 67.9 cm³/mol. The van der Waals surface area contributed by atoms with Crippen molar-refractivity contribution in [1.82, 2.24) is 25.4 Å². The molecule has 0 aliphatic rings. The Morgan fingerprint density at radius 2 is 2.17 bits per heavy atom. The van der Waals surface area contributed by atoms with Gasteiger partial charge in [-0.15, -0.1) is 5.10 Å². The maximum Gasteiger partial charge on any atom is 0.203 e. The number of nitrogen functional groups attached to an aromatic ring is 1. The monoisotopic (exact) mass is 240 g/mol. The molecule has 3 aromatic rings. The van der Waals surface area contributed by atoms with Crippen molar-refractivity contribution in [3.05, 3.63) is 41.2 Å². The van der Waals surface area contributed by atoms with Crippen molar-refractivity contribution in [3.8, 4) is 0 Å². The standard InChI is InChI=1S/C12H12N6/c1-7-2-3-8(6-14-7)4-9-5-10(13)15-12-11(9)16-18-17-12/h2-3,5-6H,4H2,1H3,(H3,13,15,16,17,18). The fourth-order valence-electron chi connectivity index (χ4n) is 1.88. The molecule has 0 radical (unpaired) electrons. The van der Waals surface area contributed by atoms with E-state index in [1.165, 1.54) is 0 Å². The second-order valence-corrected chi connectivity index (χ2v) is 4.19. The number of nitrogens with zero attached hydrogens (tertiary/aromatic N) is 4. The third-order valence-electron chi connectivity index (χ3n) is 2.76. The second-order valence-electron chi connectivity index (χ2n) is 4.19. The van der Waals surface area contributed by atoms with E-state index in [0.717, 1.165) is 22.3 Å². The van der Waals surface area contributed by atoms with E-state index >= 15 is 0 Å². The molecule has 0 saturated carbocycles. The maximum atomic E-state index is 5.75. The summed E-state index contributed by atoms with van der Waals surface area (Å²) in [6, 6.07) is 5.86. The van der Waals surface area contributed by atoms with Crippen LogP contribution in [0.3, 0.4) is 0 Å². The number of rotatable bonds is 2. The Balaban J connectivity index is 2.03. The lowest BCUT2D eigenvalue weighted by molar-refractivity contribution is 0.953. The molecule has 0 aromatic carbocycles. The van der Waals surface area contributed by atoms with Gasteiger partial charge in [-0.2, -0.15) is 10.3 Å². The lowest BCUT2D eigenvalue weighted by Gasteiger charge is -2.03. The predicted octanol–water partition coefficient (Wildman–Crippen LogP) is 1.23. The molecule has 0 fully saturated rings. The van der Waals surface area contributed by atoms with E-state index in [0.29, 0.717) is 17.9 Å². The number of aromatic nitrogens is 5. The van der Waals surface area contributed by atoms with E-state index in [9.17, 15) is 0 Å². The van der Waals surface area contributed by atoms with Gasteiger partial charge >= 0.3 is 0 Å². The van der Waals surface area contributed by atoms with Gasteiger partial charge in [0.05, 0.1) is 0 Å². The molecular formula is C12H12N6. The molecule has 0 unspecified atom stereocenters. The zero-order valence-corrected chi connectivity index (χ0v) is 9.88. The van der Waals surface area contributed by atoms with Crippen LogP contribution in [0, 0.1) is 6.92 Å². The zero-order valence-electron chi connectivity index (χ0n) is 9.88. The van der Waals surface area contributed by atoms with Crippen LogP contribution in [-0.4, -0.2) is 25.4 Å². The van der Waals surface area contributed by atoms with Crippen LogP contribution in [0.4, 0.5) is 5.82 Å². The summed E-state index contributed by atoms with van der Waals surface area (Å²) in [6.45, 7) is 1.96. The van der Waals surface area contributed by atoms with Crippen molar-refractivity contribution < 1.29 is 0 Å². The number of anilines is 1. The Morgan fingerprint density at radius 1 is 1.28 bits per heavy atom. The topological polar surface area (TPSA) is 93.4 Å². The van der Waals surface area contributed by atoms with E-state index in [1.807, 2.05) is 31.3 Å². The van der Waals surface area contributed by atoms with E-state index < -0.39 is 0 Å². The first-order chi connectivity index (χ1) is 8.72. The van der Waals surface area contributed by atoms with Gasteiger partial charge in [0, 0.05) is 18.3 Å². The van der Waals surface area contributed by atoms with Crippen LogP contribution in [0.25, 0.3) is 11.2 Å². The highest BCUT2D eigenvalue weighted by molar-refractivity contribution is 5.76. The van der Waals surface area contributed by atoms with Crippen LogP contribution in [0.1, 0.15) is 16.8 Å². The van der Waals surface area contributed by atoms with E-state index in [-0.39, 0.29) is 0 Å². The quantitative estimate of drug-likeness (QED) is 0.702. The van der Waals surface area contributed by atoms with Crippen molar-refractivity contribution in [1.29, 1.82) is 0 Å². The Bertz CT molecular complexity index is 685. The summed E-state index contributed by atoms with van der Waals surface area (Å²) < 4.78 is 0. The number of hydrogen-bond donors (Lipinski definition) is 2. The number of fused-ring (bicyclic) bond motifs is 1. The molecule has 3 rings (SSSR count). The number of H-pyrrole nitrogens is 1. The Hall–Kier alpha value is -2.50. The van der Waals surface area contributed by atoms with Crippen LogP contribution >= 0.6 is 0 Å². The summed E-state index contributed by atoms with van der Waals surface area (Å²) in [5, 5.41) is 10.6. The molecule has 0 spiro atoms. The molecular weight excluding hydrogens is 228 g/mol. The van der Waals surface area contributed by atoms with Crippen molar-refractivity contribution in [2.45, 2.75) is 13.3 Å². The largest absolute Gasteiger partial charge is 0.384 e. The van der Waals surface area contributed by atoms with Gasteiger partial charge in [0.2, 0.25) is 5.65 Å². The average molecular weight is 240 g/mol. The highest BCUT2D eigenvalue weighted by Crippen LogP contribution is 2.18. The molecule has 3 N–H and O–H groups in total. The van der Waals surface area contributed by atoms with Crippen molar-refractivity contribution in [3.63, 3.8) is 0 Å². The molecule has 90 valence electrons.